The maximum Gasteiger partial charge on any atom is 0.414 e. The molecule has 0 aliphatic heterocycles. The number of hydrogen-bond acceptors (Lipinski definition) is 4. The number of nitrogens with zero attached hydrogens (tertiary/aromatic N) is 2. The fourth-order valence-electron chi connectivity index (χ4n) is 2.61. The van der Waals surface area contributed by atoms with Crippen LogP contribution in [0.25, 0.3) is 10.9 Å². The second kappa shape index (κ2) is 8.31. The molecule has 3 rings (SSSR count). The molecule has 0 saturated carbocycles. The van der Waals surface area contributed by atoms with Gasteiger partial charge in [-0.2, -0.15) is 0 Å². The summed E-state index contributed by atoms with van der Waals surface area (Å²) in [4.78, 5) is 29.7. The van der Waals surface area contributed by atoms with Crippen LogP contribution in [-0.4, -0.2) is 36.0 Å². The average molecular weight is 363 g/mol. The van der Waals surface area contributed by atoms with Crippen molar-refractivity contribution < 1.29 is 14.3 Å². The molecule has 6 nitrogen and oxygen atoms in total. The molecule has 0 unspecified atom stereocenters. The molecule has 138 valence electrons. The SMILES string of the molecule is CN(C)C(=O)Oc1ccccc1CCC(=O)Nc1ccc2cccnc2c1. The van der Waals surface area contributed by atoms with Crippen LogP contribution >= 0.6 is 0 Å². The highest BCUT2D eigenvalue weighted by Gasteiger charge is 2.12. The fraction of sp³-hybridized carbons (Fsp3) is 0.190. The number of aromatic nitrogens is 1. The summed E-state index contributed by atoms with van der Waals surface area (Å²) < 4.78 is 5.35. The van der Waals surface area contributed by atoms with Crippen LogP contribution in [0.15, 0.2) is 60.8 Å². The minimum atomic E-state index is -0.449. The van der Waals surface area contributed by atoms with Gasteiger partial charge in [0.05, 0.1) is 5.52 Å². The van der Waals surface area contributed by atoms with Crippen molar-refractivity contribution in [3.8, 4) is 5.75 Å². The molecule has 1 aromatic heterocycles. The van der Waals surface area contributed by atoms with Crippen LogP contribution in [0.5, 0.6) is 5.75 Å². The molecule has 0 fully saturated rings. The third-order valence-corrected chi connectivity index (χ3v) is 4.05. The van der Waals surface area contributed by atoms with Gasteiger partial charge in [0, 0.05) is 37.8 Å². The topological polar surface area (TPSA) is 71.5 Å². The summed E-state index contributed by atoms with van der Waals surface area (Å²) in [5, 5.41) is 3.91. The Morgan fingerprint density at radius 1 is 1.07 bits per heavy atom. The van der Waals surface area contributed by atoms with Crippen molar-refractivity contribution in [1.82, 2.24) is 9.88 Å². The number of nitrogens with one attached hydrogen (secondary N) is 1. The number of carbonyl (C=O) groups is 2. The summed E-state index contributed by atoms with van der Waals surface area (Å²) in [5.41, 5.74) is 2.35. The van der Waals surface area contributed by atoms with Crippen molar-refractivity contribution >= 4 is 28.6 Å². The van der Waals surface area contributed by atoms with Crippen molar-refractivity contribution in [3.05, 3.63) is 66.4 Å². The first-order valence-electron chi connectivity index (χ1n) is 8.64. The molecule has 0 atom stereocenters. The van der Waals surface area contributed by atoms with E-state index in [0.29, 0.717) is 17.9 Å². The summed E-state index contributed by atoms with van der Waals surface area (Å²) in [6.07, 6.45) is 2.01. The van der Waals surface area contributed by atoms with E-state index in [9.17, 15) is 9.59 Å². The molecule has 0 bridgehead atoms. The first kappa shape index (κ1) is 18.4. The minimum Gasteiger partial charge on any atom is -0.410 e. The van der Waals surface area contributed by atoms with E-state index in [0.717, 1.165) is 16.5 Å². The van der Waals surface area contributed by atoms with Gasteiger partial charge in [-0.25, -0.2) is 4.79 Å². The third-order valence-electron chi connectivity index (χ3n) is 4.05. The van der Waals surface area contributed by atoms with E-state index >= 15 is 0 Å². The van der Waals surface area contributed by atoms with E-state index in [1.165, 1.54) is 4.90 Å². The van der Waals surface area contributed by atoms with Gasteiger partial charge in [0.1, 0.15) is 5.75 Å². The zero-order valence-electron chi connectivity index (χ0n) is 15.3. The van der Waals surface area contributed by atoms with Gasteiger partial charge in [-0.3, -0.25) is 9.78 Å². The molecule has 2 amide bonds. The van der Waals surface area contributed by atoms with Crippen LogP contribution in [0.2, 0.25) is 0 Å². The lowest BCUT2D eigenvalue weighted by atomic mass is 10.1. The third kappa shape index (κ3) is 4.82. The van der Waals surface area contributed by atoms with Crippen LogP contribution in [0.1, 0.15) is 12.0 Å². The molecule has 0 aliphatic carbocycles. The van der Waals surface area contributed by atoms with Gasteiger partial charge in [0.25, 0.3) is 0 Å². The van der Waals surface area contributed by atoms with Crippen molar-refractivity contribution in [3.63, 3.8) is 0 Å². The van der Waals surface area contributed by atoms with E-state index in [1.54, 1.807) is 32.4 Å². The fourth-order valence-corrected chi connectivity index (χ4v) is 2.61. The highest BCUT2D eigenvalue weighted by Crippen LogP contribution is 2.21. The largest absolute Gasteiger partial charge is 0.414 e. The second-order valence-electron chi connectivity index (χ2n) is 6.33. The zero-order chi connectivity index (χ0) is 19.2. The predicted molar refractivity (Wildman–Crippen MR) is 105 cm³/mol. The lowest BCUT2D eigenvalue weighted by Gasteiger charge is -2.13. The van der Waals surface area contributed by atoms with E-state index in [-0.39, 0.29) is 12.3 Å². The Hall–Kier alpha value is -3.41. The smallest absolute Gasteiger partial charge is 0.410 e. The Morgan fingerprint density at radius 3 is 2.70 bits per heavy atom. The van der Waals surface area contributed by atoms with E-state index in [2.05, 4.69) is 10.3 Å². The molecule has 3 aromatic rings. The molecule has 0 saturated heterocycles. The standard InChI is InChI=1S/C21H21N3O3/c1-24(2)21(26)27-19-8-4-3-6-16(19)10-12-20(25)23-17-11-9-15-7-5-13-22-18(15)14-17/h3-9,11,13-14H,10,12H2,1-2H3,(H,23,25). The molecule has 1 N–H and O–H groups in total. The molecule has 0 radical (unpaired) electrons. The van der Waals surface area contributed by atoms with E-state index in [4.69, 9.17) is 4.74 Å². The number of hydrogen-bond donors (Lipinski definition) is 1. The number of para-hydroxylation sites is 1. The highest BCUT2D eigenvalue weighted by molar-refractivity contribution is 5.93. The number of rotatable bonds is 5. The maximum absolute atomic E-state index is 12.3. The number of amides is 2. The molecule has 0 aliphatic rings. The Bertz CT molecular complexity index is 970. The highest BCUT2D eigenvalue weighted by atomic mass is 16.6. The van der Waals surface area contributed by atoms with Gasteiger partial charge in [0.15, 0.2) is 0 Å². The van der Waals surface area contributed by atoms with Crippen molar-refractivity contribution in [2.75, 3.05) is 19.4 Å². The van der Waals surface area contributed by atoms with E-state index in [1.807, 2.05) is 42.5 Å². The van der Waals surface area contributed by atoms with Gasteiger partial charge in [-0.1, -0.05) is 30.3 Å². The van der Waals surface area contributed by atoms with Crippen LogP contribution in [0.3, 0.4) is 0 Å². The molecule has 6 heteroatoms. The van der Waals surface area contributed by atoms with Crippen LogP contribution in [-0.2, 0) is 11.2 Å². The van der Waals surface area contributed by atoms with Gasteiger partial charge >= 0.3 is 6.09 Å². The molecule has 27 heavy (non-hydrogen) atoms. The number of fused-ring (bicyclic) bond motifs is 1. The van der Waals surface area contributed by atoms with Crippen molar-refractivity contribution in [1.29, 1.82) is 0 Å². The number of carbonyl (C=O) groups excluding carboxylic acids is 2. The Morgan fingerprint density at radius 2 is 1.89 bits per heavy atom. The van der Waals surface area contributed by atoms with Gasteiger partial charge in [-0.15, -0.1) is 0 Å². The molecule has 2 aromatic carbocycles. The van der Waals surface area contributed by atoms with Gasteiger partial charge in [0.2, 0.25) is 5.91 Å². The summed E-state index contributed by atoms with van der Waals surface area (Å²) in [5.74, 6) is 0.359. The lowest BCUT2D eigenvalue weighted by molar-refractivity contribution is -0.116. The number of aryl methyl sites for hydroxylation is 1. The predicted octanol–water partition coefficient (Wildman–Crippen LogP) is 3.87. The summed E-state index contributed by atoms with van der Waals surface area (Å²) in [6.45, 7) is 0. The molecule has 1 heterocycles. The van der Waals surface area contributed by atoms with Gasteiger partial charge in [-0.05, 0) is 36.2 Å². The summed E-state index contributed by atoms with van der Waals surface area (Å²) >= 11 is 0. The van der Waals surface area contributed by atoms with Gasteiger partial charge < -0.3 is 15.0 Å². The first-order valence-corrected chi connectivity index (χ1v) is 8.64. The monoisotopic (exact) mass is 363 g/mol. The first-order chi connectivity index (χ1) is 13.0. The minimum absolute atomic E-state index is 0.112. The Balaban J connectivity index is 1.62. The van der Waals surface area contributed by atoms with Crippen LogP contribution in [0.4, 0.5) is 10.5 Å². The second-order valence-corrected chi connectivity index (χ2v) is 6.33. The maximum atomic E-state index is 12.3. The molecule has 0 spiro atoms. The number of ether oxygens (including phenoxy) is 1. The quantitative estimate of drug-likeness (QED) is 0.747. The van der Waals surface area contributed by atoms with Crippen molar-refractivity contribution in [2.45, 2.75) is 12.8 Å². The summed E-state index contributed by atoms with van der Waals surface area (Å²) in [6, 6.07) is 16.7. The van der Waals surface area contributed by atoms with E-state index < -0.39 is 6.09 Å². The number of pyridine rings is 1. The Labute approximate surface area is 157 Å². The molecular formula is C21H21N3O3. The van der Waals surface area contributed by atoms with Crippen molar-refractivity contribution in [2.24, 2.45) is 0 Å². The Kier molecular flexibility index (Phi) is 5.66. The average Bonchev–Trinajstić information content (AvgIpc) is 2.67. The molecular weight excluding hydrogens is 342 g/mol. The van der Waals surface area contributed by atoms with Crippen LogP contribution < -0.4 is 10.1 Å². The number of benzene rings is 2. The zero-order valence-corrected chi connectivity index (χ0v) is 15.3. The normalized spacial score (nSPS) is 10.4. The van der Waals surface area contributed by atoms with Crippen LogP contribution in [0, 0.1) is 0 Å². The number of anilines is 1. The summed E-state index contributed by atoms with van der Waals surface area (Å²) in [7, 11) is 3.24. The lowest BCUT2D eigenvalue weighted by Crippen LogP contribution is -2.25.